The maximum Gasteiger partial charge on any atom is 0.270 e. The van der Waals surface area contributed by atoms with Gasteiger partial charge in [-0.1, -0.05) is 12.1 Å². The molecule has 0 bridgehead atoms. The van der Waals surface area contributed by atoms with E-state index in [2.05, 4.69) is 22.1 Å². The molecule has 10 heteroatoms. The van der Waals surface area contributed by atoms with Crippen LogP contribution in [0.1, 0.15) is 6.92 Å². The lowest BCUT2D eigenvalue weighted by molar-refractivity contribution is -0.115. The minimum atomic E-state index is -0.535. The first-order valence-electron chi connectivity index (χ1n) is 11.1. The van der Waals surface area contributed by atoms with Crippen molar-refractivity contribution in [2.75, 3.05) is 51.3 Å². The molecule has 0 saturated carbocycles. The van der Waals surface area contributed by atoms with Crippen LogP contribution in [0.3, 0.4) is 0 Å². The molecule has 1 aromatic carbocycles. The average Bonchev–Trinajstić information content (AvgIpc) is 3.17. The number of anilines is 1. The Bertz CT molecular complexity index is 1220. The van der Waals surface area contributed by atoms with Gasteiger partial charge in [-0.2, -0.15) is 5.26 Å². The number of rotatable bonds is 10. The number of thiazole rings is 1. The zero-order valence-corrected chi connectivity index (χ0v) is 20.0. The fourth-order valence-electron chi connectivity index (χ4n) is 3.38. The van der Waals surface area contributed by atoms with Crippen molar-refractivity contribution < 1.29 is 14.3 Å². The lowest BCUT2D eigenvalue weighted by Crippen LogP contribution is -2.38. The predicted octanol–water partition coefficient (Wildman–Crippen LogP) is 0.467. The zero-order chi connectivity index (χ0) is 24.3. The van der Waals surface area contributed by atoms with E-state index in [1.54, 1.807) is 13.1 Å². The van der Waals surface area contributed by atoms with Crippen LogP contribution in [0.4, 0.5) is 5.69 Å². The summed E-state index contributed by atoms with van der Waals surface area (Å²) in [6, 6.07) is 9.41. The molecule has 0 radical (unpaired) electrons. The summed E-state index contributed by atoms with van der Waals surface area (Å²) in [5, 5.41) is 15.2. The number of ether oxygens (including phenoxy) is 2. The maximum absolute atomic E-state index is 12.9. The van der Waals surface area contributed by atoms with E-state index in [1.807, 2.05) is 30.3 Å². The fourth-order valence-corrected chi connectivity index (χ4v) is 4.47. The number of carbonyl (C=O) groups is 1. The lowest BCUT2D eigenvalue weighted by Gasteiger charge is -2.26. The first-order valence-corrected chi connectivity index (χ1v) is 11.9. The van der Waals surface area contributed by atoms with Crippen LogP contribution < -0.4 is 30.1 Å². The first kappa shape index (κ1) is 25.2. The van der Waals surface area contributed by atoms with Crippen molar-refractivity contribution in [2.24, 2.45) is 0 Å². The van der Waals surface area contributed by atoms with Gasteiger partial charge in [-0.25, -0.2) is 0 Å². The monoisotopic (exact) mass is 483 g/mol. The van der Waals surface area contributed by atoms with Gasteiger partial charge in [0.15, 0.2) is 5.57 Å². The van der Waals surface area contributed by atoms with E-state index in [1.165, 1.54) is 10.6 Å². The summed E-state index contributed by atoms with van der Waals surface area (Å²) in [5.74, 6) is 0.191. The molecular weight excluding hydrogens is 454 g/mol. The molecule has 0 atom stereocenters. The topological polar surface area (TPSA) is 109 Å². The molecule has 1 aliphatic rings. The molecule has 0 spiro atoms. The van der Waals surface area contributed by atoms with Crippen molar-refractivity contribution in [3.63, 3.8) is 0 Å². The van der Waals surface area contributed by atoms with Crippen LogP contribution >= 0.6 is 11.3 Å². The lowest BCUT2D eigenvalue weighted by atomic mass is 10.3. The van der Waals surface area contributed by atoms with Crippen molar-refractivity contribution in [3.05, 3.63) is 56.5 Å². The van der Waals surface area contributed by atoms with Gasteiger partial charge in [0.2, 0.25) is 0 Å². The number of nitrogens with zero attached hydrogens (tertiary/aromatic N) is 3. The molecule has 9 nitrogen and oxygen atoms in total. The maximum atomic E-state index is 12.9. The second kappa shape index (κ2) is 12.7. The van der Waals surface area contributed by atoms with Gasteiger partial charge in [-0.05, 0) is 19.1 Å². The minimum absolute atomic E-state index is 0.0962. The van der Waals surface area contributed by atoms with E-state index >= 15 is 0 Å². The second-order valence-corrected chi connectivity index (χ2v) is 8.46. The third-order valence-electron chi connectivity index (χ3n) is 5.17. The Balaban J connectivity index is 1.76. The smallest absolute Gasteiger partial charge is 0.270 e. The van der Waals surface area contributed by atoms with Crippen molar-refractivity contribution in [3.8, 4) is 11.8 Å². The number of amides is 1. The molecule has 1 amide bonds. The van der Waals surface area contributed by atoms with Crippen LogP contribution in [-0.4, -0.2) is 61.4 Å². The average molecular weight is 484 g/mol. The van der Waals surface area contributed by atoms with Gasteiger partial charge in [-0.15, -0.1) is 17.9 Å². The highest BCUT2D eigenvalue weighted by Crippen LogP contribution is 2.17. The van der Waals surface area contributed by atoms with E-state index in [4.69, 9.17) is 9.47 Å². The van der Waals surface area contributed by atoms with Crippen molar-refractivity contribution in [2.45, 2.75) is 13.5 Å². The number of carbonyl (C=O) groups excluding carboxylic acids is 1. The largest absolute Gasteiger partial charge is 0.492 e. The van der Waals surface area contributed by atoms with Gasteiger partial charge in [0.1, 0.15) is 27.6 Å². The molecule has 34 heavy (non-hydrogen) atoms. The number of nitrogens with one attached hydrogen (secondary N) is 2. The summed E-state index contributed by atoms with van der Waals surface area (Å²) in [4.78, 5) is 27.5. The Kier molecular flexibility index (Phi) is 9.46. The quantitative estimate of drug-likeness (QED) is 0.473. The Labute approximate surface area is 202 Å². The number of benzene rings is 1. The SMILES string of the molecule is C=CCNC(=O)/C(C#N)=c1\s/c(=C/Nc2cccc(OCCN3CCOCC3)c2)c(=O)n1CC. The molecule has 2 heterocycles. The molecule has 2 aromatic rings. The number of hydrogen-bond donors (Lipinski definition) is 2. The first-order chi connectivity index (χ1) is 16.6. The summed E-state index contributed by atoms with van der Waals surface area (Å²) in [6.45, 7) is 10.7. The van der Waals surface area contributed by atoms with E-state index < -0.39 is 5.91 Å². The van der Waals surface area contributed by atoms with Crippen LogP contribution in [-0.2, 0) is 16.1 Å². The van der Waals surface area contributed by atoms with Crippen LogP contribution in [0.2, 0.25) is 0 Å². The molecule has 1 aromatic heterocycles. The number of aromatic nitrogens is 1. The molecule has 3 rings (SSSR count). The summed E-state index contributed by atoms with van der Waals surface area (Å²) in [7, 11) is 0. The third-order valence-corrected chi connectivity index (χ3v) is 6.30. The summed E-state index contributed by atoms with van der Waals surface area (Å²) < 4.78 is 13.4. The van der Waals surface area contributed by atoms with Crippen LogP contribution in [0.25, 0.3) is 11.8 Å². The summed E-state index contributed by atoms with van der Waals surface area (Å²) in [5.41, 5.74) is 0.396. The molecule has 1 saturated heterocycles. The number of nitriles is 1. The Morgan fingerprint density at radius 1 is 1.38 bits per heavy atom. The highest BCUT2D eigenvalue weighted by molar-refractivity contribution is 7.07. The normalized spacial score (nSPS) is 15.4. The van der Waals surface area contributed by atoms with Crippen molar-refractivity contribution in [1.29, 1.82) is 5.26 Å². The van der Waals surface area contributed by atoms with Gasteiger partial charge in [-0.3, -0.25) is 19.1 Å². The van der Waals surface area contributed by atoms with Crippen LogP contribution in [0.5, 0.6) is 5.75 Å². The second-order valence-electron chi connectivity index (χ2n) is 7.43. The molecule has 0 aliphatic carbocycles. The molecule has 1 fully saturated rings. The molecule has 1 aliphatic heterocycles. The standard InChI is InChI=1S/C24H29N5O4S/c1-3-8-26-22(30)20(16-25)24-29(4-2)23(31)21(34-24)17-27-18-6-5-7-19(15-18)33-14-11-28-9-12-32-13-10-28/h3,5-7,15,17,27H,1,4,8-14H2,2H3,(H,26,30)/b21-17+,24-20-. The summed E-state index contributed by atoms with van der Waals surface area (Å²) in [6.07, 6.45) is 3.12. The van der Waals surface area contributed by atoms with E-state index in [0.29, 0.717) is 22.3 Å². The minimum Gasteiger partial charge on any atom is -0.492 e. The molecule has 2 N–H and O–H groups in total. The van der Waals surface area contributed by atoms with Gasteiger partial charge in [0.05, 0.1) is 13.2 Å². The van der Waals surface area contributed by atoms with Gasteiger partial charge >= 0.3 is 0 Å². The Morgan fingerprint density at radius 3 is 2.88 bits per heavy atom. The highest BCUT2D eigenvalue weighted by Gasteiger charge is 2.14. The molecule has 0 unspecified atom stereocenters. The predicted molar refractivity (Wildman–Crippen MR) is 133 cm³/mol. The van der Waals surface area contributed by atoms with E-state index in [9.17, 15) is 14.9 Å². The van der Waals surface area contributed by atoms with Crippen molar-refractivity contribution >= 4 is 34.7 Å². The third kappa shape index (κ3) is 6.57. The Morgan fingerprint density at radius 2 is 2.18 bits per heavy atom. The van der Waals surface area contributed by atoms with Gasteiger partial charge in [0, 0.05) is 50.7 Å². The van der Waals surface area contributed by atoms with Crippen LogP contribution in [0.15, 0.2) is 41.7 Å². The van der Waals surface area contributed by atoms with Crippen molar-refractivity contribution in [1.82, 2.24) is 14.8 Å². The van der Waals surface area contributed by atoms with E-state index in [-0.39, 0.29) is 17.7 Å². The van der Waals surface area contributed by atoms with Gasteiger partial charge in [0.25, 0.3) is 11.5 Å². The van der Waals surface area contributed by atoms with E-state index in [0.717, 1.165) is 55.6 Å². The van der Waals surface area contributed by atoms with Crippen LogP contribution in [0, 0.1) is 11.3 Å². The molecule has 180 valence electrons. The number of morpholine rings is 1. The zero-order valence-electron chi connectivity index (χ0n) is 19.2. The molecular formula is C24H29N5O4S. The highest BCUT2D eigenvalue weighted by atomic mass is 32.1. The number of hydrogen-bond acceptors (Lipinski definition) is 8. The fraction of sp³-hybridized carbons (Fsp3) is 0.375. The van der Waals surface area contributed by atoms with Gasteiger partial charge < -0.3 is 20.1 Å². The summed E-state index contributed by atoms with van der Waals surface area (Å²) >= 11 is 1.10. The Hall–Kier alpha value is -3.39.